The van der Waals surface area contributed by atoms with Crippen LogP contribution in [-0.4, -0.2) is 48.5 Å². The predicted octanol–water partition coefficient (Wildman–Crippen LogP) is 3.46. The Balaban J connectivity index is 1.53. The lowest BCUT2D eigenvalue weighted by Gasteiger charge is -2.21. The van der Waals surface area contributed by atoms with E-state index < -0.39 is 0 Å². The van der Waals surface area contributed by atoms with Crippen molar-refractivity contribution in [3.8, 4) is 0 Å². The van der Waals surface area contributed by atoms with Gasteiger partial charge in [-0.1, -0.05) is 37.1 Å². The molecule has 0 bridgehead atoms. The summed E-state index contributed by atoms with van der Waals surface area (Å²) >= 11 is 0. The maximum atomic E-state index is 12.7. The van der Waals surface area contributed by atoms with Crippen molar-refractivity contribution in [2.24, 2.45) is 10.9 Å². The summed E-state index contributed by atoms with van der Waals surface area (Å²) in [6.45, 7) is 9.86. The van der Waals surface area contributed by atoms with Gasteiger partial charge < -0.3 is 20.3 Å². The fraction of sp³-hybridized carbons (Fsp3) is 0.667. The molecule has 6 heteroatoms. The molecular weight excluding hydrogens is 376 g/mol. The average molecular weight is 415 g/mol. The van der Waals surface area contributed by atoms with Crippen LogP contribution in [0, 0.1) is 5.92 Å². The van der Waals surface area contributed by atoms with E-state index in [-0.39, 0.29) is 18.1 Å². The Kier molecular flexibility index (Phi) is 8.55. The molecule has 0 spiro atoms. The van der Waals surface area contributed by atoms with Crippen molar-refractivity contribution >= 4 is 11.9 Å². The van der Waals surface area contributed by atoms with Crippen molar-refractivity contribution < 1.29 is 9.53 Å². The number of amides is 1. The first-order valence-electron chi connectivity index (χ1n) is 11.6. The van der Waals surface area contributed by atoms with Gasteiger partial charge in [0.1, 0.15) is 0 Å². The highest BCUT2D eigenvalue weighted by molar-refractivity contribution is 5.81. The number of benzene rings is 1. The molecule has 1 saturated carbocycles. The van der Waals surface area contributed by atoms with E-state index in [1.54, 1.807) is 0 Å². The van der Waals surface area contributed by atoms with Crippen LogP contribution in [0.4, 0.5) is 0 Å². The summed E-state index contributed by atoms with van der Waals surface area (Å²) in [4.78, 5) is 19.5. The Labute approximate surface area is 181 Å². The Morgan fingerprint density at radius 3 is 2.73 bits per heavy atom. The lowest BCUT2D eigenvalue weighted by molar-refractivity contribution is -0.134. The van der Waals surface area contributed by atoms with Gasteiger partial charge in [0.05, 0.1) is 19.3 Å². The molecule has 1 heterocycles. The van der Waals surface area contributed by atoms with Gasteiger partial charge in [-0.3, -0.25) is 4.79 Å². The Morgan fingerprint density at radius 2 is 2.00 bits per heavy atom. The number of likely N-dealkylation sites (tertiary alicyclic amines) is 1. The molecule has 0 aromatic heterocycles. The van der Waals surface area contributed by atoms with Crippen molar-refractivity contribution in [1.29, 1.82) is 0 Å². The van der Waals surface area contributed by atoms with Crippen LogP contribution in [0.15, 0.2) is 29.3 Å². The minimum Gasteiger partial charge on any atom is -0.374 e. The van der Waals surface area contributed by atoms with E-state index >= 15 is 0 Å². The van der Waals surface area contributed by atoms with E-state index in [4.69, 9.17) is 9.73 Å². The monoisotopic (exact) mass is 414 g/mol. The topological polar surface area (TPSA) is 66.0 Å². The van der Waals surface area contributed by atoms with E-state index in [2.05, 4.69) is 46.7 Å². The highest BCUT2D eigenvalue weighted by Crippen LogP contribution is 2.27. The van der Waals surface area contributed by atoms with Crippen LogP contribution in [-0.2, 0) is 22.7 Å². The number of hydrogen-bond donors (Lipinski definition) is 2. The van der Waals surface area contributed by atoms with E-state index in [9.17, 15) is 4.79 Å². The van der Waals surface area contributed by atoms with Crippen LogP contribution in [0.3, 0.4) is 0 Å². The van der Waals surface area contributed by atoms with Gasteiger partial charge in [0.2, 0.25) is 5.91 Å². The van der Waals surface area contributed by atoms with Gasteiger partial charge >= 0.3 is 0 Å². The zero-order chi connectivity index (χ0) is 21.3. The minimum atomic E-state index is 0.225. The standard InChI is InChI=1S/C24H38N4O2/c1-4-25-24(26-15-19-8-7-9-20(14-19)17-30-18(2)3)27-22-12-13-28(16-22)23(29)21-10-5-6-11-21/h7-9,14,18,21-22H,4-6,10-13,15-17H2,1-3H3,(H2,25,26,27). The Hall–Kier alpha value is -2.08. The molecule has 2 N–H and O–H groups in total. The van der Waals surface area contributed by atoms with Gasteiger partial charge in [-0.25, -0.2) is 4.99 Å². The van der Waals surface area contributed by atoms with Crippen LogP contribution in [0.1, 0.15) is 64.0 Å². The second-order valence-corrected chi connectivity index (χ2v) is 8.77. The first-order chi connectivity index (χ1) is 14.5. The molecular formula is C24H38N4O2. The normalized spacial score (nSPS) is 20.2. The number of rotatable bonds is 8. The molecule has 1 amide bonds. The number of carbonyl (C=O) groups excluding carboxylic acids is 1. The van der Waals surface area contributed by atoms with Crippen molar-refractivity contribution in [3.63, 3.8) is 0 Å². The van der Waals surface area contributed by atoms with Crippen LogP contribution < -0.4 is 10.6 Å². The Bertz CT molecular complexity index is 713. The highest BCUT2D eigenvalue weighted by atomic mass is 16.5. The van der Waals surface area contributed by atoms with Gasteiger partial charge in [0.25, 0.3) is 0 Å². The second-order valence-electron chi connectivity index (χ2n) is 8.77. The van der Waals surface area contributed by atoms with Crippen molar-refractivity contribution in [3.05, 3.63) is 35.4 Å². The number of carbonyl (C=O) groups is 1. The van der Waals surface area contributed by atoms with Crippen LogP contribution in [0.2, 0.25) is 0 Å². The van der Waals surface area contributed by atoms with Crippen LogP contribution in [0.5, 0.6) is 0 Å². The highest BCUT2D eigenvalue weighted by Gasteiger charge is 2.32. The van der Waals surface area contributed by atoms with Crippen molar-refractivity contribution in [1.82, 2.24) is 15.5 Å². The van der Waals surface area contributed by atoms with Gasteiger partial charge in [-0.2, -0.15) is 0 Å². The number of aliphatic imine (C=N–C) groups is 1. The molecule has 30 heavy (non-hydrogen) atoms. The molecule has 3 rings (SSSR count). The summed E-state index contributed by atoms with van der Waals surface area (Å²) in [5.41, 5.74) is 2.34. The number of nitrogens with zero attached hydrogens (tertiary/aromatic N) is 2. The molecule has 166 valence electrons. The van der Waals surface area contributed by atoms with E-state index in [1.807, 2.05) is 13.8 Å². The first kappa shape index (κ1) is 22.6. The van der Waals surface area contributed by atoms with Gasteiger partial charge in [-0.05, 0) is 51.2 Å². The molecule has 1 aliphatic carbocycles. The Morgan fingerprint density at radius 1 is 1.23 bits per heavy atom. The summed E-state index contributed by atoms with van der Waals surface area (Å²) in [6, 6.07) is 8.68. The summed E-state index contributed by atoms with van der Waals surface area (Å²) in [5.74, 6) is 1.44. The number of hydrogen-bond acceptors (Lipinski definition) is 3. The van der Waals surface area contributed by atoms with Crippen molar-refractivity contribution in [2.45, 2.75) is 78.2 Å². The molecule has 1 atom stereocenters. The van der Waals surface area contributed by atoms with Crippen molar-refractivity contribution in [2.75, 3.05) is 19.6 Å². The maximum absolute atomic E-state index is 12.7. The number of nitrogens with one attached hydrogen (secondary N) is 2. The summed E-state index contributed by atoms with van der Waals surface area (Å²) in [7, 11) is 0. The quantitative estimate of drug-likeness (QED) is 0.505. The van der Waals surface area contributed by atoms with Crippen LogP contribution in [0.25, 0.3) is 0 Å². The average Bonchev–Trinajstić information content (AvgIpc) is 3.43. The molecule has 0 radical (unpaired) electrons. The van der Waals surface area contributed by atoms with E-state index in [0.29, 0.717) is 19.1 Å². The molecule has 2 aliphatic rings. The third-order valence-corrected chi connectivity index (χ3v) is 5.88. The molecule has 1 saturated heterocycles. The van der Waals surface area contributed by atoms with Crippen LogP contribution >= 0.6 is 0 Å². The third-order valence-electron chi connectivity index (χ3n) is 5.88. The summed E-state index contributed by atoms with van der Waals surface area (Å²) < 4.78 is 5.71. The molecule has 6 nitrogen and oxygen atoms in total. The van der Waals surface area contributed by atoms with E-state index in [0.717, 1.165) is 44.9 Å². The number of ether oxygens (including phenoxy) is 1. The zero-order valence-corrected chi connectivity index (χ0v) is 18.8. The lowest BCUT2D eigenvalue weighted by Crippen LogP contribution is -2.45. The molecule has 1 aromatic carbocycles. The van der Waals surface area contributed by atoms with Gasteiger partial charge in [-0.15, -0.1) is 0 Å². The molecule has 1 aliphatic heterocycles. The molecule has 1 unspecified atom stereocenters. The fourth-order valence-electron chi connectivity index (χ4n) is 4.27. The first-order valence-corrected chi connectivity index (χ1v) is 11.6. The SMILES string of the molecule is CCNC(=NCc1cccc(COC(C)C)c1)NC1CCN(C(=O)C2CCCC2)C1. The molecule has 1 aromatic rings. The second kappa shape index (κ2) is 11.3. The third kappa shape index (κ3) is 6.73. The largest absolute Gasteiger partial charge is 0.374 e. The summed E-state index contributed by atoms with van der Waals surface area (Å²) in [5, 5.41) is 6.88. The lowest BCUT2D eigenvalue weighted by atomic mass is 10.1. The van der Waals surface area contributed by atoms with Gasteiger partial charge in [0, 0.05) is 31.6 Å². The molecule has 2 fully saturated rings. The predicted molar refractivity (Wildman–Crippen MR) is 121 cm³/mol. The van der Waals surface area contributed by atoms with E-state index in [1.165, 1.54) is 24.0 Å². The minimum absolute atomic E-state index is 0.225. The smallest absolute Gasteiger partial charge is 0.225 e. The number of guanidine groups is 1. The summed E-state index contributed by atoms with van der Waals surface area (Å²) in [6.07, 6.45) is 5.74. The zero-order valence-electron chi connectivity index (χ0n) is 18.8. The van der Waals surface area contributed by atoms with Gasteiger partial charge in [0.15, 0.2) is 5.96 Å². The maximum Gasteiger partial charge on any atom is 0.225 e. The fourth-order valence-corrected chi connectivity index (χ4v) is 4.27.